The van der Waals surface area contributed by atoms with Crippen molar-refractivity contribution < 1.29 is 13.2 Å². The topological polar surface area (TPSA) is 74.3 Å². The van der Waals surface area contributed by atoms with E-state index >= 15 is 0 Å². The van der Waals surface area contributed by atoms with Crippen molar-refractivity contribution >= 4 is 15.7 Å². The highest BCUT2D eigenvalue weighted by Crippen LogP contribution is 2.33. The Hall–Kier alpha value is -1.79. The molecule has 1 aromatic heterocycles. The van der Waals surface area contributed by atoms with Gasteiger partial charge >= 0.3 is 0 Å². The van der Waals surface area contributed by atoms with Gasteiger partial charge in [0.05, 0.1) is 4.90 Å². The minimum atomic E-state index is -3.63. The lowest BCUT2D eigenvalue weighted by molar-refractivity contribution is 0.190. The van der Waals surface area contributed by atoms with Gasteiger partial charge in [0, 0.05) is 26.0 Å². The second-order valence-electron chi connectivity index (χ2n) is 5.74. The number of benzene rings is 1. The van der Waals surface area contributed by atoms with Crippen LogP contribution in [0.1, 0.15) is 23.2 Å². The molecular weight excluding hydrogens is 312 g/mol. The van der Waals surface area contributed by atoms with Gasteiger partial charge in [-0.2, -0.15) is 0 Å². The van der Waals surface area contributed by atoms with E-state index in [2.05, 4.69) is 0 Å². The molecule has 1 heterocycles. The Morgan fingerprint density at radius 2 is 1.74 bits per heavy atom. The van der Waals surface area contributed by atoms with Crippen LogP contribution < -0.4 is 5.73 Å². The fraction of sp³-hybridized carbons (Fsp3) is 0.412. The van der Waals surface area contributed by atoms with Crippen LogP contribution in [0.3, 0.4) is 0 Å². The number of aryl methyl sites for hydroxylation is 1. The number of anilines is 1. The fourth-order valence-electron chi connectivity index (χ4n) is 2.69. The third-order valence-corrected chi connectivity index (χ3v) is 6.09. The lowest BCUT2D eigenvalue weighted by atomic mass is 10.2. The summed E-state index contributed by atoms with van der Waals surface area (Å²) in [5, 5.41) is 0. The lowest BCUT2D eigenvalue weighted by Crippen LogP contribution is -2.09. The Balaban J connectivity index is 2.50. The maximum atomic E-state index is 13.0. The highest BCUT2D eigenvalue weighted by atomic mass is 32.2. The third-order valence-electron chi connectivity index (χ3n) is 4.14. The molecule has 0 atom stereocenters. The van der Waals surface area contributed by atoms with Crippen LogP contribution in [0.4, 0.5) is 5.82 Å². The van der Waals surface area contributed by atoms with Gasteiger partial charge in [-0.05, 0) is 44.9 Å². The van der Waals surface area contributed by atoms with E-state index in [0.717, 1.165) is 17.7 Å². The summed E-state index contributed by atoms with van der Waals surface area (Å²) in [4.78, 5) is 0.489. The number of nitrogen functional groups attached to an aromatic ring is 1. The summed E-state index contributed by atoms with van der Waals surface area (Å²) in [7, 11) is -1.98. The molecule has 0 unspecified atom stereocenters. The number of nitrogens with zero attached hydrogens (tertiary/aromatic N) is 1. The van der Waals surface area contributed by atoms with Crippen LogP contribution in [0.15, 0.2) is 34.1 Å². The van der Waals surface area contributed by atoms with Crippen molar-refractivity contribution in [2.75, 3.05) is 19.5 Å². The second kappa shape index (κ2) is 6.76. The van der Waals surface area contributed by atoms with Crippen LogP contribution in [0, 0.1) is 20.8 Å². The fourth-order valence-corrected chi connectivity index (χ4v) is 4.36. The van der Waals surface area contributed by atoms with Crippen molar-refractivity contribution in [1.82, 2.24) is 4.57 Å². The van der Waals surface area contributed by atoms with Gasteiger partial charge in [0.25, 0.3) is 0 Å². The van der Waals surface area contributed by atoms with Crippen molar-refractivity contribution in [2.24, 2.45) is 0 Å². The molecule has 0 amide bonds. The minimum absolute atomic E-state index is 0.219. The molecule has 0 saturated heterocycles. The molecule has 2 N–H and O–H groups in total. The average Bonchev–Trinajstić information content (AvgIpc) is 2.71. The predicted molar refractivity (Wildman–Crippen MR) is 91.4 cm³/mol. The number of nitrogens with two attached hydrogens (primary N) is 1. The SMILES string of the molecule is COCCCn1c(C)c(C)c(S(=O)(=O)c2ccc(C)cc2)c1N. The summed E-state index contributed by atoms with van der Waals surface area (Å²) in [6, 6.07) is 6.84. The first-order chi connectivity index (χ1) is 10.8. The highest BCUT2D eigenvalue weighted by molar-refractivity contribution is 7.91. The highest BCUT2D eigenvalue weighted by Gasteiger charge is 2.28. The first-order valence-corrected chi connectivity index (χ1v) is 9.05. The van der Waals surface area contributed by atoms with Crippen LogP contribution in [0.2, 0.25) is 0 Å². The first-order valence-electron chi connectivity index (χ1n) is 7.56. The zero-order valence-corrected chi connectivity index (χ0v) is 14.9. The van der Waals surface area contributed by atoms with Crippen molar-refractivity contribution in [2.45, 2.75) is 43.5 Å². The first kappa shape index (κ1) is 17.6. The maximum absolute atomic E-state index is 13.0. The van der Waals surface area contributed by atoms with E-state index in [1.165, 1.54) is 0 Å². The van der Waals surface area contributed by atoms with Crippen molar-refractivity contribution in [3.05, 3.63) is 41.1 Å². The van der Waals surface area contributed by atoms with Gasteiger partial charge in [-0.15, -0.1) is 0 Å². The standard InChI is InChI=1S/C17H24N2O3S/c1-12-6-8-15(9-7-12)23(20,21)16-13(2)14(3)19(17(16)18)10-5-11-22-4/h6-9H,5,10-11,18H2,1-4H3. The normalized spacial score (nSPS) is 11.8. The monoisotopic (exact) mass is 336 g/mol. The van der Waals surface area contributed by atoms with E-state index in [0.29, 0.717) is 24.5 Å². The summed E-state index contributed by atoms with van der Waals surface area (Å²) in [5.41, 5.74) is 8.79. The van der Waals surface area contributed by atoms with Crippen LogP contribution in [0.5, 0.6) is 0 Å². The van der Waals surface area contributed by atoms with E-state index in [-0.39, 0.29) is 9.79 Å². The number of sulfone groups is 1. The van der Waals surface area contributed by atoms with Crippen LogP contribution in [-0.4, -0.2) is 26.7 Å². The van der Waals surface area contributed by atoms with Gasteiger partial charge in [-0.3, -0.25) is 0 Å². The van der Waals surface area contributed by atoms with E-state index in [9.17, 15) is 8.42 Å². The van der Waals surface area contributed by atoms with Gasteiger partial charge < -0.3 is 15.0 Å². The molecule has 1 aromatic carbocycles. The van der Waals surface area contributed by atoms with Crippen molar-refractivity contribution in [3.63, 3.8) is 0 Å². The van der Waals surface area contributed by atoms with Gasteiger partial charge in [0.1, 0.15) is 10.7 Å². The van der Waals surface area contributed by atoms with Gasteiger partial charge in [-0.25, -0.2) is 8.42 Å². The smallest absolute Gasteiger partial charge is 0.210 e. The molecule has 6 heteroatoms. The summed E-state index contributed by atoms with van der Waals surface area (Å²) >= 11 is 0. The molecule has 0 aliphatic carbocycles. The molecule has 0 aliphatic heterocycles. The molecule has 2 aromatic rings. The van der Waals surface area contributed by atoms with Crippen LogP contribution in [-0.2, 0) is 21.1 Å². The molecule has 5 nitrogen and oxygen atoms in total. The molecule has 0 spiro atoms. The van der Waals surface area contributed by atoms with E-state index in [4.69, 9.17) is 10.5 Å². The molecule has 126 valence electrons. The van der Waals surface area contributed by atoms with Gasteiger partial charge in [-0.1, -0.05) is 17.7 Å². The Labute approximate surface area is 138 Å². The summed E-state index contributed by atoms with van der Waals surface area (Å²) in [6.07, 6.45) is 0.777. The van der Waals surface area contributed by atoms with E-state index in [1.54, 1.807) is 38.3 Å². The molecular formula is C17H24N2O3S. The lowest BCUT2D eigenvalue weighted by Gasteiger charge is -2.09. The molecule has 0 saturated carbocycles. The van der Waals surface area contributed by atoms with Crippen molar-refractivity contribution in [1.29, 1.82) is 0 Å². The van der Waals surface area contributed by atoms with E-state index < -0.39 is 9.84 Å². The molecule has 0 radical (unpaired) electrons. The van der Waals surface area contributed by atoms with Crippen molar-refractivity contribution in [3.8, 4) is 0 Å². The third kappa shape index (κ3) is 3.28. The number of methoxy groups -OCH3 is 1. The number of hydrogen-bond donors (Lipinski definition) is 1. The number of rotatable bonds is 6. The average molecular weight is 336 g/mol. The Bertz CT molecular complexity index is 790. The maximum Gasteiger partial charge on any atom is 0.210 e. The molecule has 0 fully saturated rings. The summed E-state index contributed by atoms with van der Waals surface area (Å²) < 4.78 is 32.8. The largest absolute Gasteiger partial charge is 0.385 e. The molecule has 23 heavy (non-hydrogen) atoms. The molecule has 2 rings (SSSR count). The number of hydrogen-bond acceptors (Lipinski definition) is 4. The Morgan fingerprint density at radius 3 is 2.30 bits per heavy atom. The second-order valence-corrected chi connectivity index (χ2v) is 7.63. The Kier molecular flexibility index (Phi) is 5.16. The zero-order valence-electron chi connectivity index (χ0n) is 14.1. The summed E-state index contributed by atoms with van der Waals surface area (Å²) in [5.74, 6) is 0.302. The zero-order chi connectivity index (χ0) is 17.2. The van der Waals surface area contributed by atoms with E-state index in [1.807, 2.05) is 18.4 Å². The Morgan fingerprint density at radius 1 is 1.13 bits per heavy atom. The number of aromatic nitrogens is 1. The predicted octanol–water partition coefficient (Wildman–Crippen LogP) is 2.86. The van der Waals surface area contributed by atoms with Gasteiger partial charge in [0.15, 0.2) is 0 Å². The van der Waals surface area contributed by atoms with Gasteiger partial charge in [0.2, 0.25) is 9.84 Å². The minimum Gasteiger partial charge on any atom is -0.385 e. The quantitative estimate of drug-likeness (QED) is 0.823. The molecule has 0 aliphatic rings. The van der Waals surface area contributed by atoms with Crippen LogP contribution >= 0.6 is 0 Å². The van der Waals surface area contributed by atoms with Crippen LogP contribution in [0.25, 0.3) is 0 Å². The number of ether oxygens (including phenoxy) is 1. The summed E-state index contributed by atoms with van der Waals surface area (Å²) in [6.45, 7) is 6.87. The molecule has 0 bridgehead atoms.